The summed E-state index contributed by atoms with van der Waals surface area (Å²) < 4.78 is 50.1. The van der Waals surface area contributed by atoms with Crippen LogP contribution in [0.5, 0.6) is 11.5 Å². The van der Waals surface area contributed by atoms with E-state index in [9.17, 15) is 18.8 Å². The van der Waals surface area contributed by atoms with Crippen molar-refractivity contribution in [2.24, 2.45) is 5.41 Å². The van der Waals surface area contributed by atoms with E-state index in [-0.39, 0.29) is 51.6 Å². The molecule has 49 heavy (non-hydrogen) atoms. The van der Waals surface area contributed by atoms with E-state index in [1.54, 1.807) is 9.58 Å². The second kappa shape index (κ2) is 14.3. The van der Waals surface area contributed by atoms with Crippen molar-refractivity contribution >= 4 is 22.8 Å². The van der Waals surface area contributed by atoms with Gasteiger partial charge in [-0.1, -0.05) is 38.8 Å². The predicted molar refractivity (Wildman–Crippen MR) is 179 cm³/mol. The van der Waals surface area contributed by atoms with E-state index in [4.69, 9.17) is 10.5 Å². The zero-order chi connectivity index (χ0) is 34.7. The molecule has 1 aliphatic carbocycles. The van der Waals surface area contributed by atoms with Crippen LogP contribution >= 0.6 is 0 Å². The summed E-state index contributed by atoms with van der Waals surface area (Å²) in [5.41, 5.74) is 6.63. The summed E-state index contributed by atoms with van der Waals surface area (Å²) >= 11 is 0. The Balaban J connectivity index is 1.24. The monoisotopic (exact) mass is 672 g/mol. The van der Waals surface area contributed by atoms with Gasteiger partial charge in [0.05, 0.1) is 29.7 Å². The second-order valence-electron chi connectivity index (χ2n) is 12.8. The first kappa shape index (κ1) is 33.9. The van der Waals surface area contributed by atoms with Crippen LogP contribution in [-0.2, 0) is 11.3 Å². The number of fused-ring (bicyclic) bond motifs is 1. The van der Waals surface area contributed by atoms with Crippen molar-refractivity contribution in [1.82, 2.24) is 29.5 Å². The molecule has 2 N–H and O–H groups in total. The number of nitrogens with two attached hydrogens (primary N) is 1. The van der Waals surface area contributed by atoms with E-state index < -0.39 is 17.5 Å². The normalized spacial score (nSPS) is 17.6. The van der Waals surface area contributed by atoms with Gasteiger partial charge in [0.15, 0.2) is 23.0 Å². The lowest BCUT2D eigenvalue weighted by molar-refractivity contribution is -0.127. The van der Waals surface area contributed by atoms with E-state index in [1.165, 1.54) is 30.5 Å². The Kier molecular flexibility index (Phi) is 9.87. The average molecular weight is 673 g/mol. The Hall–Kier alpha value is -4.96. The quantitative estimate of drug-likeness (QED) is 0.139. The summed E-state index contributed by atoms with van der Waals surface area (Å²) in [5, 5.41) is 15.1. The highest BCUT2D eigenvalue weighted by molar-refractivity contribution is 5.97. The number of carbonyl (C=O) groups excluding carboxylic acids is 1. The summed E-state index contributed by atoms with van der Waals surface area (Å²) in [7, 11) is 0. The van der Waals surface area contributed by atoms with Gasteiger partial charge in [0.1, 0.15) is 29.0 Å². The minimum atomic E-state index is -1.18. The van der Waals surface area contributed by atoms with Crippen molar-refractivity contribution in [2.75, 3.05) is 31.9 Å². The maximum Gasteiger partial charge on any atom is 0.264 e. The number of amides is 1. The first-order chi connectivity index (χ1) is 23.6. The van der Waals surface area contributed by atoms with Crippen LogP contribution in [0.4, 0.5) is 19.0 Å². The van der Waals surface area contributed by atoms with E-state index in [0.717, 1.165) is 63.9 Å². The number of hydrogen-bond donors (Lipinski definition) is 1. The van der Waals surface area contributed by atoms with Gasteiger partial charge in [-0.05, 0) is 63.0 Å². The molecule has 6 rings (SSSR count). The molecule has 10 nitrogen and oxygen atoms in total. The van der Waals surface area contributed by atoms with Crippen molar-refractivity contribution in [1.29, 1.82) is 5.26 Å². The third-order valence-electron chi connectivity index (χ3n) is 9.71. The summed E-state index contributed by atoms with van der Waals surface area (Å²) in [4.78, 5) is 26.9. The summed E-state index contributed by atoms with van der Waals surface area (Å²) in [6.45, 7) is 7.72. The number of likely N-dealkylation sites (tertiary alicyclic amines) is 1. The van der Waals surface area contributed by atoms with E-state index >= 15 is 4.39 Å². The second-order valence-corrected chi connectivity index (χ2v) is 12.8. The zero-order valence-electron chi connectivity index (χ0n) is 27.6. The standard InChI is InChI=1S/C36H39F3N8O2/c1-3-45(4-2)22-36(14-5-6-15-36)18-23(19-40)35(48)46-16-8-9-24(46)21-47-34-27(20-42-47)32(41)43-33(44-34)26-13-12-25(17-29(26)38)49-30-11-7-10-28(37)31(30)39/h7,10-13,17-18,20,24H,3-6,8-9,14-16,21-22H2,1-2H3,(H2,41,43,44)/t24-/m0/s1. The lowest BCUT2D eigenvalue weighted by atomic mass is 9.83. The molecule has 0 bridgehead atoms. The van der Waals surface area contributed by atoms with Gasteiger partial charge in [0, 0.05) is 24.6 Å². The predicted octanol–water partition coefficient (Wildman–Crippen LogP) is 6.63. The highest BCUT2D eigenvalue weighted by atomic mass is 19.2. The largest absolute Gasteiger partial charge is 0.454 e. The van der Waals surface area contributed by atoms with Crippen LogP contribution in [0.15, 0.2) is 54.2 Å². The van der Waals surface area contributed by atoms with Crippen molar-refractivity contribution in [3.8, 4) is 29.0 Å². The van der Waals surface area contributed by atoms with Gasteiger partial charge in [-0.15, -0.1) is 0 Å². The lowest BCUT2D eigenvalue weighted by Gasteiger charge is -2.33. The molecular weight excluding hydrogens is 633 g/mol. The molecule has 4 aromatic rings. The molecule has 0 radical (unpaired) electrons. The molecular formula is C36H39F3N8O2. The van der Waals surface area contributed by atoms with Crippen LogP contribution in [0.3, 0.4) is 0 Å². The Morgan fingerprint density at radius 2 is 1.90 bits per heavy atom. The molecule has 2 aliphatic rings. The van der Waals surface area contributed by atoms with Crippen molar-refractivity contribution in [3.05, 3.63) is 71.7 Å². The summed E-state index contributed by atoms with van der Waals surface area (Å²) in [5.74, 6) is -3.64. The molecule has 0 unspecified atom stereocenters. The Morgan fingerprint density at radius 1 is 1.12 bits per heavy atom. The SMILES string of the molecule is CCN(CC)CC1(C=C(C#N)C(=O)N2CCC[C@H]2Cn2ncc3c(N)nc(-c4ccc(Oc5cccc(F)c5F)cc4F)nc32)CCCC1. The number of aromatic nitrogens is 4. The fourth-order valence-electron chi connectivity index (χ4n) is 7.08. The number of halogens is 3. The van der Waals surface area contributed by atoms with Gasteiger partial charge in [0.25, 0.3) is 5.91 Å². The fourth-order valence-corrected chi connectivity index (χ4v) is 7.08. The minimum Gasteiger partial charge on any atom is -0.454 e. The van der Waals surface area contributed by atoms with E-state index in [2.05, 4.69) is 39.9 Å². The number of ether oxygens (including phenoxy) is 1. The molecule has 3 heterocycles. The summed E-state index contributed by atoms with van der Waals surface area (Å²) in [6.07, 6.45) is 9.03. The van der Waals surface area contributed by atoms with Crippen molar-refractivity contribution in [2.45, 2.75) is 65.0 Å². The number of nitrogens with zero attached hydrogens (tertiary/aromatic N) is 7. The zero-order valence-corrected chi connectivity index (χ0v) is 27.6. The minimum absolute atomic E-state index is 0.00291. The van der Waals surface area contributed by atoms with Gasteiger partial charge in [-0.3, -0.25) is 4.79 Å². The fraction of sp³-hybridized carbons (Fsp3) is 0.417. The number of nitrogen functional groups attached to an aromatic ring is 1. The topological polar surface area (TPSA) is 126 Å². The molecule has 1 amide bonds. The first-order valence-electron chi connectivity index (χ1n) is 16.7. The molecule has 256 valence electrons. The first-order valence-corrected chi connectivity index (χ1v) is 16.7. The molecule has 1 atom stereocenters. The van der Waals surface area contributed by atoms with Crippen molar-refractivity contribution in [3.63, 3.8) is 0 Å². The highest BCUT2D eigenvalue weighted by Gasteiger charge is 2.37. The Bertz CT molecular complexity index is 1930. The maximum atomic E-state index is 15.4. The summed E-state index contributed by atoms with van der Waals surface area (Å²) in [6, 6.07) is 9.24. The number of nitriles is 1. The van der Waals surface area contributed by atoms with Gasteiger partial charge < -0.3 is 20.3 Å². The number of benzene rings is 2. The molecule has 1 aliphatic heterocycles. The number of rotatable bonds is 11. The van der Waals surface area contributed by atoms with Crippen LogP contribution in [-0.4, -0.2) is 67.7 Å². The Labute approximate surface area is 283 Å². The van der Waals surface area contributed by atoms with Crippen molar-refractivity contribution < 1.29 is 22.7 Å². The van der Waals surface area contributed by atoms with E-state index in [1.807, 2.05) is 6.08 Å². The van der Waals surface area contributed by atoms with Gasteiger partial charge >= 0.3 is 0 Å². The van der Waals surface area contributed by atoms with Gasteiger partial charge in [0.2, 0.25) is 5.82 Å². The molecule has 2 aromatic carbocycles. The third-order valence-corrected chi connectivity index (χ3v) is 9.71. The molecule has 2 aromatic heterocycles. The van der Waals surface area contributed by atoms with Crippen LogP contribution in [0.1, 0.15) is 52.4 Å². The molecule has 1 saturated heterocycles. The third kappa shape index (κ3) is 6.96. The number of anilines is 1. The molecule has 13 heteroatoms. The molecule has 1 saturated carbocycles. The average Bonchev–Trinajstić information content (AvgIpc) is 3.86. The lowest BCUT2D eigenvalue weighted by Crippen LogP contribution is -2.40. The number of carbonyl (C=O) groups is 1. The van der Waals surface area contributed by atoms with Gasteiger partial charge in [-0.25, -0.2) is 23.4 Å². The van der Waals surface area contributed by atoms with Crippen LogP contribution < -0.4 is 10.5 Å². The Morgan fingerprint density at radius 3 is 2.61 bits per heavy atom. The van der Waals surface area contributed by atoms with Crippen LogP contribution in [0, 0.1) is 34.2 Å². The van der Waals surface area contributed by atoms with E-state index in [0.29, 0.717) is 30.5 Å². The maximum absolute atomic E-state index is 15.4. The van der Waals surface area contributed by atoms with Gasteiger partial charge in [-0.2, -0.15) is 14.8 Å². The highest BCUT2D eigenvalue weighted by Crippen LogP contribution is 2.41. The van der Waals surface area contributed by atoms with Crippen LogP contribution in [0.25, 0.3) is 22.4 Å². The molecule has 2 fully saturated rings. The molecule has 0 spiro atoms. The number of hydrogen-bond acceptors (Lipinski definition) is 8. The van der Waals surface area contributed by atoms with Crippen LogP contribution in [0.2, 0.25) is 0 Å². The smallest absolute Gasteiger partial charge is 0.264 e.